The zero-order chi connectivity index (χ0) is 15.5. The Balaban J connectivity index is 1.91. The molecule has 0 amide bonds. The third kappa shape index (κ3) is 4.73. The van der Waals surface area contributed by atoms with Crippen molar-refractivity contribution in [1.29, 1.82) is 0 Å². The van der Waals surface area contributed by atoms with Crippen LogP contribution in [0, 0.1) is 0 Å². The number of aliphatic hydroxyl groups is 1. The predicted molar refractivity (Wildman–Crippen MR) is 77.0 cm³/mol. The molecule has 1 saturated heterocycles. The van der Waals surface area contributed by atoms with Crippen molar-refractivity contribution in [3.05, 3.63) is 23.8 Å². The Morgan fingerprint density at radius 1 is 1.29 bits per heavy atom. The normalized spacial score (nSPS) is 17.9. The average Bonchev–Trinajstić information content (AvgIpc) is 2.40. The van der Waals surface area contributed by atoms with Gasteiger partial charge in [0.15, 0.2) is 0 Å². The number of β-amino-alcohol motifs (C(OH)–C–C–N with tert-alkyl or cyclic N) is 1. The number of rotatable bonds is 5. The van der Waals surface area contributed by atoms with Gasteiger partial charge in [0.25, 0.3) is 0 Å². The zero-order valence-electron chi connectivity index (χ0n) is 12.5. The molecular formula is C14H22N4O3. The first-order valence-electron chi connectivity index (χ1n) is 7.04. The van der Waals surface area contributed by atoms with Crippen LogP contribution < -0.4 is 0 Å². The van der Waals surface area contributed by atoms with Gasteiger partial charge in [0.1, 0.15) is 11.9 Å². The summed E-state index contributed by atoms with van der Waals surface area (Å²) in [6.07, 6.45) is 2.72. The molecule has 0 atom stereocenters. The molecule has 0 spiro atoms. The molecule has 1 aliphatic heterocycles. The summed E-state index contributed by atoms with van der Waals surface area (Å²) in [6.45, 7) is 8.15. The number of aromatic carboxylic acids is 1. The number of carboxylic acid groups (broad SMARTS) is 1. The molecule has 2 rings (SSSR count). The van der Waals surface area contributed by atoms with E-state index in [9.17, 15) is 9.90 Å². The third-order valence-electron chi connectivity index (χ3n) is 3.47. The van der Waals surface area contributed by atoms with Gasteiger partial charge < -0.3 is 10.2 Å². The summed E-state index contributed by atoms with van der Waals surface area (Å²) in [5.74, 6) is -0.994. The topological polar surface area (TPSA) is 89.8 Å². The zero-order valence-corrected chi connectivity index (χ0v) is 12.5. The molecule has 1 aromatic heterocycles. The molecule has 1 aliphatic rings. The summed E-state index contributed by atoms with van der Waals surface area (Å²) in [5.41, 5.74) is 0.0236. The third-order valence-corrected chi connectivity index (χ3v) is 3.47. The smallest absolute Gasteiger partial charge is 0.339 e. The van der Waals surface area contributed by atoms with Crippen molar-refractivity contribution >= 4 is 5.97 Å². The minimum atomic E-state index is -0.994. The van der Waals surface area contributed by atoms with Crippen LogP contribution >= 0.6 is 0 Å². The quantitative estimate of drug-likeness (QED) is 0.794. The summed E-state index contributed by atoms with van der Waals surface area (Å²) in [7, 11) is 0. The molecule has 0 aliphatic carbocycles. The monoisotopic (exact) mass is 294 g/mol. The van der Waals surface area contributed by atoms with Gasteiger partial charge >= 0.3 is 5.97 Å². The Labute approximate surface area is 124 Å². The standard InChI is InChI=1S/C14H22N4O3/c1-14(2,21)9-18-5-3-17(4-6-18)8-12-11(13(19)20)7-15-10-16-12/h7,10,21H,3-6,8-9H2,1-2H3,(H,19,20). The van der Waals surface area contributed by atoms with Crippen LogP contribution in [0.5, 0.6) is 0 Å². The summed E-state index contributed by atoms with van der Waals surface area (Å²) in [6, 6.07) is 0. The number of carbonyl (C=O) groups is 1. The Hall–Kier alpha value is -1.57. The molecule has 0 unspecified atom stereocenters. The van der Waals surface area contributed by atoms with Gasteiger partial charge in [0.05, 0.1) is 11.3 Å². The van der Waals surface area contributed by atoms with Gasteiger partial charge in [-0.3, -0.25) is 9.80 Å². The van der Waals surface area contributed by atoms with E-state index >= 15 is 0 Å². The number of hydrogen-bond acceptors (Lipinski definition) is 6. The second-order valence-corrected chi connectivity index (χ2v) is 6.05. The van der Waals surface area contributed by atoms with E-state index in [0.717, 1.165) is 26.2 Å². The van der Waals surface area contributed by atoms with Gasteiger partial charge in [-0.15, -0.1) is 0 Å². The first-order chi connectivity index (χ1) is 9.85. The number of carboxylic acids is 1. The molecule has 0 saturated carbocycles. The Kier molecular flexibility index (Phi) is 4.87. The molecular weight excluding hydrogens is 272 g/mol. The van der Waals surface area contributed by atoms with Crippen LogP contribution in [0.25, 0.3) is 0 Å². The Bertz CT molecular complexity index is 493. The van der Waals surface area contributed by atoms with Gasteiger partial charge in [-0.1, -0.05) is 0 Å². The van der Waals surface area contributed by atoms with Gasteiger partial charge in [-0.05, 0) is 13.8 Å². The van der Waals surface area contributed by atoms with Crippen LogP contribution in [-0.2, 0) is 6.54 Å². The molecule has 116 valence electrons. The van der Waals surface area contributed by atoms with Gasteiger partial charge in [0, 0.05) is 45.5 Å². The van der Waals surface area contributed by atoms with E-state index in [4.69, 9.17) is 5.11 Å². The lowest BCUT2D eigenvalue weighted by Gasteiger charge is -2.37. The molecule has 7 heteroatoms. The second kappa shape index (κ2) is 6.46. The van der Waals surface area contributed by atoms with Crippen LogP contribution in [0.15, 0.2) is 12.5 Å². The van der Waals surface area contributed by atoms with Crippen molar-refractivity contribution in [3.63, 3.8) is 0 Å². The highest BCUT2D eigenvalue weighted by atomic mass is 16.4. The maximum absolute atomic E-state index is 11.1. The fraction of sp³-hybridized carbons (Fsp3) is 0.643. The molecule has 21 heavy (non-hydrogen) atoms. The molecule has 0 radical (unpaired) electrons. The highest BCUT2D eigenvalue weighted by molar-refractivity contribution is 5.88. The predicted octanol–water partition coefficient (Wildman–Crippen LogP) is 0.0633. The maximum atomic E-state index is 11.1. The fourth-order valence-corrected chi connectivity index (χ4v) is 2.52. The van der Waals surface area contributed by atoms with Crippen molar-refractivity contribution in [1.82, 2.24) is 19.8 Å². The van der Waals surface area contributed by atoms with E-state index in [0.29, 0.717) is 18.8 Å². The van der Waals surface area contributed by atoms with Crippen molar-refractivity contribution in [2.75, 3.05) is 32.7 Å². The SMILES string of the molecule is CC(C)(O)CN1CCN(Cc2ncncc2C(=O)O)CC1. The molecule has 0 bridgehead atoms. The van der Waals surface area contributed by atoms with E-state index in [1.165, 1.54) is 12.5 Å². The van der Waals surface area contributed by atoms with Crippen LogP contribution in [0.4, 0.5) is 0 Å². The number of hydrogen-bond donors (Lipinski definition) is 2. The van der Waals surface area contributed by atoms with Gasteiger partial charge in [-0.25, -0.2) is 14.8 Å². The molecule has 1 fully saturated rings. The molecule has 1 aromatic rings. The second-order valence-electron chi connectivity index (χ2n) is 6.05. The lowest BCUT2D eigenvalue weighted by atomic mass is 10.1. The van der Waals surface area contributed by atoms with E-state index < -0.39 is 11.6 Å². The average molecular weight is 294 g/mol. The first-order valence-corrected chi connectivity index (χ1v) is 7.04. The summed E-state index contributed by atoms with van der Waals surface area (Å²) < 4.78 is 0. The Morgan fingerprint density at radius 2 is 1.90 bits per heavy atom. The Morgan fingerprint density at radius 3 is 2.48 bits per heavy atom. The number of piperazine rings is 1. The van der Waals surface area contributed by atoms with Crippen molar-refractivity contribution in [2.24, 2.45) is 0 Å². The van der Waals surface area contributed by atoms with E-state index in [1.54, 1.807) is 13.8 Å². The molecule has 7 nitrogen and oxygen atoms in total. The van der Waals surface area contributed by atoms with Crippen molar-refractivity contribution < 1.29 is 15.0 Å². The van der Waals surface area contributed by atoms with Crippen LogP contribution in [-0.4, -0.2) is 74.3 Å². The molecule has 0 aromatic carbocycles. The van der Waals surface area contributed by atoms with Crippen LogP contribution in [0.2, 0.25) is 0 Å². The largest absolute Gasteiger partial charge is 0.478 e. The number of nitrogens with zero attached hydrogens (tertiary/aromatic N) is 4. The lowest BCUT2D eigenvalue weighted by Crippen LogP contribution is -2.50. The van der Waals surface area contributed by atoms with Gasteiger partial charge in [0.2, 0.25) is 0 Å². The van der Waals surface area contributed by atoms with Crippen LogP contribution in [0.1, 0.15) is 29.9 Å². The fourth-order valence-electron chi connectivity index (χ4n) is 2.52. The van der Waals surface area contributed by atoms with Crippen LogP contribution in [0.3, 0.4) is 0 Å². The summed E-state index contributed by atoms with van der Waals surface area (Å²) in [4.78, 5) is 23.4. The van der Waals surface area contributed by atoms with E-state index in [2.05, 4.69) is 19.8 Å². The minimum absolute atomic E-state index is 0.163. The summed E-state index contributed by atoms with van der Waals surface area (Å²) in [5, 5.41) is 19.0. The van der Waals surface area contributed by atoms with Gasteiger partial charge in [-0.2, -0.15) is 0 Å². The van der Waals surface area contributed by atoms with E-state index in [1.807, 2.05) is 0 Å². The molecule has 2 N–H and O–H groups in total. The maximum Gasteiger partial charge on any atom is 0.339 e. The molecule has 2 heterocycles. The van der Waals surface area contributed by atoms with E-state index in [-0.39, 0.29) is 5.56 Å². The first kappa shape index (κ1) is 15.8. The number of aromatic nitrogens is 2. The lowest BCUT2D eigenvalue weighted by molar-refractivity contribution is 0.0164. The highest BCUT2D eigenvalue weighted by Crippen LogP contribution is 2.12. The van der Waals surface area contributed by atoms with Crippen molar-refractivity contribution in [3.8, 4) is 0 Å². The minimum Gasteiger partial charge on any atom is -0.478 e. The summed E-state index contributed by atoms with van der Waals surface area (Å²) >= 11 is 0. The van der Waals surface area contributed by atoms with Crippen molar-refractivity contribution in [2.45, 2.75) is 26.0 Å². The highest BCUT2D eigenvalue weighted by Gasteiger charge is 2.23.